The summed E-state index contributed by atoms with van der Waals surface area (Å²) in [6.45, 7) is 9.26. The average molecular weight is 915 g/mol. The Morgan fingerprint density at radius 3 is 1.57 bits per heavy atom. The quantitative estimate of drug-likeness (QED) is 0.0851. The summed E-state index contributed by atoms with van der Waals surface area (Å²) in [5, 5.41) is 14.1. The van der Waals surface area contributed by atoms with E-state index in [0.717, 1.165) is 99.6 Å². The van der Waals surface area contributed by atoms with Gasteiger partial charge in [-0.15, -0.1) is 0 Å². The molecule has 2 aliphatic carbocycles. The Hall–Kier alpha value is -4.23. The lowest BCUT2D eigenvalue weighted by atomic mass is 9.84. The normalized spacial score (nSPS) is 21.8. The third kappa shape index (κ3) is 15.1. The summed E-state index contributed by atoms with van der Waals surface area (Å²) in [4.78, 5) is 27.4. The van der Waals surface area contributed by atoms with Crippen LogP contribution in [0.4, 0.5) is 0 Å². The highest BCUT2D eigenvalue weighted by atomic mass is 32.2. The predicted molar refractivity (Wildman–Crippen MR) is 258 cm³/mol. The number of hydrogen-bond acceptors (Lipinski definition) is 11. The van der Waals surface area contributed by atoms with Crippen molar-refractivity contribution in [2.75, 3.05) is 46.7 Å². The van der Waals surface area contributed by atoms with Crippen LogP contribution in [0, 0.1) is 23.7 Å². The third-order valence-electron chi connectivity index (χ3n) is 13.7. The molecular formula is C53H74N2O9S. The number of likely N-dealkylation sites (tertiary alicyclic amines) is 2. The zero-order chi connectivity index (χ0) is 46.3. The minimum absolute atomic E-state index is 0.0181. The Morgan fingerprint density at radius 2 is 1.09 bits per heavy atom. The number of phenols is 1. The first-order valence-electron chi connectivity index (χ1n) is 24.2. The lowest BCUT2D eigenvalue weighted by Crippen LogP contribution is -2.49. The first-order valence-corrected chi connectivity index (χ1v) is 26.0. The van der Waals surface area contributed by atoms with Crippen molar-refractivity contribution in [2.24, 2.45) is 23.7 Å². The monoisotopic (exact) mass is 915 g/mol. The van der Waals surface area contributed by atoms with Crippen molar-refractivity contribution >= 4 is 43.6 Å². The van der Waals surface area contributed by atoms with E-state index in [1.807, 2.05) is 24.3 Å². The second-order valence-corrected chi connectivity index (χ2v) is 20.6. The zero-order valence-corrected chi connectivity index (χ0v) is 40.4. The van der Waals surface area contributed by atoms with Gasteiger partial charge in [-0.25, -0.2) is 0 Å². The smallest absolute Gasteiger partial charge is 0.311 e. The summed E-state index contributed by atoms with van der Waals surface area (Å²) >= 11 is 0. The zero-order valence-electron chi connectivity index (χ0n) is 39.6. The molecule has 1 N–H and O–H groups in total. The van der Waals surface area contributed by atoms with E-state index in [4.69, 9.17) is 18.4 Å². The Labute approximate surface area is 388 Å². The first kappa shape index (κ1) is 50.2. The standard InChI is InChI=1S/C26H35NO3.C16H17NO3.C11H22O3S/c1-3-4-6-19-9-12-23(13-10-19)30-25-8-5-7-21-15-20(11-14-24(21)25)16-27-17-22(18-27)26(28)29-2;1-20-16(19)13-9-17(10-13)8-11-5-6-14-12(7-11)3-2-4-15(14)18;1-3-4-5-10-6-8-11(9-7-10)14-15(2,12)13/h5,7-8,11,14-15,19,22-23H,3-4,6,9-10,12-13,16-18H2,1-2H3;2-7,13,18H,8-10H2,1H3;10-11H,3-9H2,1-2H3. The molecule has 12 heteroatoms. The van der Waals surface area contributed by atoms with Crippen LogP contribution in [-0.2, 0) is 46.5 Å². The lowest BCUT2D eigenvalue weighted by Gasteiger charge is -2.37. The van der Waals surface area contributed by atoms with Crippen LogP contribution >= 0.6 is 0 Å². The van der Waals surface area contributed by atoms with E-state index in [1.54, 1.807) is 6.07 Å². The average Bonchev–Trinajstić information content (AvgIpc) is 3.27. The molecular weight excluding hydrogens is 841 g/mol. The van der Waals surface area contributed by atoms with Crippen LogP contribution in [0.5, 0.6) is 11.5 Å². The molecule has 11 nitrogen and oxygen atoms in total. The molecule has 2 saturated heterocycles. The van der Waals surface area contributed by atoms with Gasteiger partial charge in [0.25, 0.3) is 10.1 Å². The fraction of sp³-hybridized carbons (Fsp3) is 0.585. The van der Waals surface area contributed by atoms with Gasteiger partial charge >= 0.3 is 11.9 Å². The molecule has 0 spiro atoms. The molecule has 0 radical (unpaired) electrons. The highest BCUT2D eigenvalue weighted by molar-refractivity contribution is 7.86. The molecule has 356 valence electrons. The number of carbonyl (C=O) groups excluding carboxylic acids is 2. The van der Waals surface area contributed by atoms with E-state index in [2.05, 4.69) is 66.1 Å². The number of unbranched alkanes of at least 4 members (excludes halogenated alkanes) is 2. The van der Waals surface area contributed by atoms with Gasteiger partial charge in [-0.3, -0.25) is 23.6 Å². The van der Waals surface area contributed by atoms with Crippen LogP contribution in [0.1, 0.15) is 115 Å². The number of rotatable bonds is 16. The van der Waals surface area contributed by atoms with Gasteiger partial charge < -0.3 is 19.3 Å². The minimum atomic E-state index is -3.26. The summed E-state index contributed by atoms with van der Waals surface area (Å²) in [5.74, 6) is 2.87. The molecule has 0 bridgehead atoms. The lowest BCUT2D eigenvalue weighted by molar-refractivity contribution is -0.152. The van der Waals surface area contributed by atoms with E-state index in [-0.39, 0.29) is 29.9 Å². The van der Waals surface area contributed by atoms with Gasteiger partial charge in [0.15, 0.2) is 0 Å². The van der Waals surface area contributed by atoms with Gasteiger partial charge in [0.05, 0.1) is 44.5 Å². The number of carbonyl (C=O) groups is 2. The van der Waals surface area contributed by atoms with Crippen molar-refractivity contribution in [3.8, 4) is 11.5 Å². The van der Waals surface area contributed by atoms with Gasteiger partial charge in [0.2, 0.25) is 0 Å². The van der Waals surface area contributed by atoms with Crippen molar-refractivity contribution in [3.63, 3.8) is 0 Å². The molecule has 4 aliphatic rings. The number of benzene rings is 4. The third-order valence-corrected chi connectivity index (χ3v) is 14.4. The molecule has 65 heavy (non-hydrogen) atoms. The van der Waals surface area contributed by atoms with E-state index in [1.165, 1.54) is 100 Å². The Kier molecular flexibility index (Phi) is 18.9. The maximum absolute atomic E-state index is 11.6. The van der Waals surface area contributed by atoms with E-state index >= 15 is 0 Å². The number of methoxy groups -OCH3 is 2. The molecule has 4 aromatic carbocycles. The van der Waals surface area contributed by atoms with Crippen molar-refractivity contribution in [2.45, 2.75) is 129 Å². The summed E-state index contributed by atoms with van der Waals surface area (Å²) in [6.07, 6.45) is 18.4. The van der Waals surface area contributed by atoms with E-state index in [9.17, 15) is 23.1 Å². The van der Waals surface area contributed by atoms with E-state index < -0.39 is 10.1 Å². The van der Waals surface area contributed by atoms with Gasteiger partial charge in [-0.1, -0.05) is 101 Å². The van der Waals surface area contributed by atoms with Crippen LogP contribution in [0.15, 0.2) is 72.8 Å². The van der Waals surface area contributed by atoms with Crippen LogP contribution in [0.2, 0.25) is 0 Å². The second-order valence-electron chi connectivity index (χ2n) is 19.0. The first-order chi connectivity index (χ1) is 31.3. The number of nitrogens with zero attached hydrogens (tertiary/aromatic N) is 2. The number of hydrogen-bond donors (Lipinski definition) is 1. The number of ether oxygens (including phenoxy) is 3. The van der Waals surface area contributed by atoms with Crippen LogP contribution in [0.25, 0.3) is 21.5 Å². The minimum Gasteiger partial charge on any atom is -0.507 e. The number of fused-ring (bicyclic) bond motifs is 2. The molecule has 4 fully saturated rings. The topological polar surface area (TPSA) is 132 Å². The fourth-order valence-electron chi connectivity index (χ4n) is 9.93. The van der Waals surface area contributed by atoms with Crippen LogP contribution < -0.4 is 4.74 Å². The van der Waals surface area contributed by atoms with Crippen molar-refractivity contribution < 1.29 is 41.5 Å². The van der Waals surface area contributed by atoms with E-state index in [0.29, 0.717) is 11.9 Å². The summed E-state index contributed by atoms with van der Waals surface area (Å²) in [5.41, 5.74) is 2.46. The fourth-order valence-corrected chi connectivity index (χ4v) is 10.6. The number of phenolic OH excluding ortho intramolecular Hbond substituents is 1. The Balaban J connectivity index is 0.000000173. The number of esters is 2. The second kappa shape index (κ2) is 24.5. The van der Waals surface area contributed by atoms with Gasteiger partial charge in [0.1, 0.15) is 11.5 Å². The molecule has 8 rings (SSSR count). The van der Waals surface area contributed by atoms with Gasteiger partial charge in [-0.2, -0.15) is 8.42 Å². The predicted octanol–water partition coefficient (Wildman–Crippen LogP) is 10.4. The summed E-state index contributed by atoms with van der Waals surface area (Å²) in [6, 6.07) is 24.6. The van der Waals surface area contributed by atoms with Gasteiger partial charge in [-0.05, 0) is 109 Å². The largest absolute Gasteiger partial charge is 0.507 e. The molecule has 0 amide bonds. The highest BCUT2D eigenvalue weighted by Crippen LogP contribution is 2.35. The molecule has 2 heterocycles. The molecule has 0 aromatic heterocycles. The molecule has 2 aliphatic heterocycles. The maximum Gasteiger partial charge on any atom is 0.311 e. The maximum atomic E-state index is 11.6. The summed E-state index contributed by atoms with van der Waals surface area (Å²) in [7, 11) is -0.362. The highest BCUT2D eigenvalue weighted by Gasteiger charge is 2.34. The Morgan fingerprint density at radius 1 is 0.631 bits per heavy atom. The van der Waals surface area contributed by atoms with Crippen molar-refractivity contribution in [1.29, 1.82) is 0 Å². The molecule has 0 atom stereocenters. The van der Waals surface area contributed by atoms with Crippen molar-refractivity contribution in [3.05, 3.63) is 83.9 Å². The SMILES string of the molecule is CCCCC1CCC(OS(C)(=O)=O)CC1.CCCCC1CCC(Oc2cccc3cc(CN4CC(C(=O)OC)C4)ccc23)CC1.COC(=O)C1CN(Cc2ccc3c(O)cccc3c2)C1. The van der Waals surface area contributed by atoms with Crippen LogP contribution in [0.3, 0.4) is 0 Å². The van der Waals surface area contributed by atoms with Gasteiger partial charge in [0, 0.05) is 50.0 Å². The molecule has 0 unspecified atom stereocenters. The van der Waals surface area contributed by atoms with Crippen molar-refractivity contribution in [1.82, 2.24) is 9.80 Å². The summed E-state index contributed by atoms with van der Waals surface area (Å²) < 4.78 is 42.9. The molecule has 2 saturated carbocycles. The Bertz CT molecular complexity index is 2240. The number of aromatic hydroxyl groups is 1. The van der Waals surface area contributed by atoms with Crippen LogP contribution in [-0.4, -0.2) is 94.1 Å². The molecule has 4 aromatic rings.